The third-order valence-corrected chi connectivity index (χ3v) is 2.24. The summed E-state index contributed by atoms with van der Waals surface area (Å²) in [6.45, 7) is 6.14. The number of hydrogen-bond donors (Lipinski definition) is 0. The first-order valence-corrected chi connectivity index (χ1v) is 4.05. The second kappa shape index (κ2) is 3.27. The smallest absolute Gasteiger partial charge is 0.318 e. The Morgan fingerprint density at radius 3 is 2.92 bits per heavy atom. The molecule has 1 aliphatic carbocycles. The summed E-state index contributed by atoms with van der Waals surface area (Å²) in [5.41, 5.74) is -0.551. The molecule has 3 nitrogen and oxygen atoms in total. The van der Waals surface area contributed by atoms with Crippen LogP contribution in [0.25, 0.3) is 0 Å². The summed E-state index contributed by atoms with van der Waals surface area (Å²) in [4.78, 5) is 11.2. The van der Waals surface area contributed by atoms with Crippen LogP contribution in [-0.2, 0) is 14.3 Å². The van der Waals surface area contributed by atoms with E-state index in [-0.39, 0.29) is 12.1 Å². The predicted octanol–water partition coefficient (Wildman–Crippen LogP) is 1.14. The molecule has 1 saturated carbocycles. The monoisotopic (exact) mass is 170 g/mol. The van der Waals surface area contributed by atoms with Crippen LogP contribution in [0.2, 0.25) is 0 Å². The molecule has 2 atom stereocenters. The maximum atomic E-state index is 11.2. The molecule has 12 heavy (non-hydrogen) atoms. The molecule has 0 saturated heterocycles. The molecular weight excluding hydrogens is 156 g/mol. The summed E-state index contributed by atoms with van der Waals surface area (Å²) in [5.74, 6) is -0.240. The molecule has 0 aromatic rings. The van der Waals surface area contributed by atoms with Crippen molar-refractivity contribution in [3.05, 3.63) is 12.7 Å². The van der Waals surface area contributed by atoms with Crippen LogP contribution in [0.1, 0.15) is 13.3 Å². The van der Waals surface area contributed by atoms with Gasteiger partial charge in [0.1, 0.15) is 5.41 Å². The fourth-order valence-corrected chi connectivity index (χ4v) is 1.36. The fraction of sp³-hybridized carbons (Fsp3) is 0.667. The Morgan fingerprint density at radius 1 is 1.83 bits per heavy atom. The number of esters is 1. The maximum Gasteiger partial charge on any atom is 0.318 e. The molecule has 0 spiro atoms. The number of methoxy groups -OCH3 is 1. The Morgan fingerprint density at radius 2 is 2.50 bits per heavy atom. The normalized spacial score (nSPS) is 32.7. The van der Waals surface area contributed by atoms with Gasteiger partial charge >= 0.3 is 5.97 Å². The average Bonchev–Trinajstić information content (AvgIpc) is 2.79. The van der Waals surface area contributed by atoms with Gasteiger partial charge < -0.3 is 9.47 Å². The Bertz CT molecular complexity index is 200. The van der Waals surface area contributed by atoms with Crippen LogP contribution in [0.3, 0.4) is 0 Å². The lowest BCUT2D eigenvalue weighted by Gasteiger charge is -2.08. The van der Waals surface area contributed by atoms with Gasteiger partial charge in [0.15, 0.2) is 0 Å². The van der Waals surface area contributed by atoms with Crippen molar-refractivity contribution in [1.29, 1.82) is 0 Å². The van der Waals surface area contributed by atoms with Gasteiger partial charge in [-0.25, -0.2) is 0 Å². The van der Waals surface area contributed by atoms with E-state index in [1.807, 2.05) is 6.92 Å². The topological polar surface area (TPSA) is 35.5 Å². The van der Waals surface area contributed by atoms with E-state index in [9.17, 15) is 4.79 Å². The van der Waals surface area contributed by atoms with Gasteiger partial charge in [-0.15, -0.1) is 6.58 Å². The second-order valence-electron chi connectivity index (χ2n) is 2.88. The highest BCUT2D eigenvalue weighted by molar-refractivity contribution is 5.83. The van der Waals surface area contributed by atoms with Crippen LogP contribution < -0.4 is 0 Å². The number of carbonyl (C=O) groups is 1. The van der Waals surface area contributed by atoms with E-state index in [0.717, 1.165) is 0 Å². The highest BCUT2D eigenvalue weighted by Crippen LogP contribution is 2.50. The summed E-state index contributed by atoms with van der Waals surface area (Å²) in [5, 5.41) is 0. The number of carbonyl (C=O) groups excluding carboxylic acids is 1. The van der Waals surface area contributed by atoms with Crippen molar-refractivity contribution in [2.75, 3.05) is 13.7 Å². The molecule has 0 amide bonds. The van der Waals surface area contributed by atoms with Crippen molar-refractivity contribution in [2.45, 2.75) is 19.4 Å². The molecular formula is C9H14O3. The molecule has 3 heteroatoms. The molecule has 0 N–H and O–H groups in total. The van der Waals surface area contributed by atoms with E-state index in [4.69, 9.17) is 4.74 Å². The molecule has 0 aromatic carbocycles. The first kappa shape index (κ1) is 9.26. The Labute approximate surface area is 72.4 Å². The lowest BCUT2D eigenvalue weighted by atomic mass is 10.1. The predicted molar refractivity (Wildman–Crippen MR) is 44.7 cm³/mol. The minimum Gasteiger partial charge on any atom is -0.468 e. The van der Waals surface area contributed by atoms with Crippen molar-refractivity contribution >= 4 is 5.97 Å². The van der Waals surface area contributed by atoms with Gasteiger partial charge in [-0.1, -0.05) is 6.08 Å². The fourth-order valence-electron chi connectivity index (χ4n) is 1.36. The average molecular weight is 170 g/mol. The van der Waals surface area contributed by atoms with Crippen molar-refractivity contribution in [3.63, 3.8) is 0 Å². The van der Waals surface area contributed by atoms with Gasteiger partial charge in [-0.3, -0.25) is 4.79 Å². The van der Waals surface area contributed by atoms with E-state index in [0.29, 0.717) is 13.0 Å². The summed E-state index contributed by atoms with van der Waals surface area (Å²) < 4.78 is 9.97. The van der Waals surface area contributed by atoms with Crippen LogP contribution in [0.15, 0.2) is 12.7 Å². The molecule has 1 aliphatic rings. The zero-order valence-electron chi connectivity index (χ0n) is 7.50. The van der Waals surface area contributed by atoms with Gasteiger partial charge in [0.05, 0.1) is 13.2 Å². The van der Waals surface area contributed by atoms with Gasteiger partial charge in [-0.05, 0) is 13.3 Å². The molecule has 0 bridgehead atoms. The van der Waals surface area contributed by atoms with Crippen LogP contribution >= 0.6 is 0 Å². The van der Waals surface area contributed by atoms with Crippen molar-refractivity contribution < 1.29 is 14.3 Å². The van der Waals surface area contributed by atoms with Crippen molar-refractivity contribution in [3.8, 4) is 0 Å². The van der Waals surface area contributed by atoms with Gasteiger partial charge in [-0.2, -0.15) is 0 Å². The minimum absolute atomic E-state index is 0.0209. The summed E-state index contributed by atoms with van der Waals surface area (Å²) in [6, 6.07) is 0. The largest absolute Gasteiger partial charge is 0.468 e. The summed E-state index contributed by atoms with van der Waals surface area (Å²) in [7, 11) is 1.38. The number of ether oxygens (including phenoxy) is 2. The first-order valence-electron chi connectivity index (χ1n) is 4.05. The molecule has 0 heterocycles. The Kier molecular flexibility index (Phi) is 2.52. The van der Waals surface area contributed by atoms with Gasteiger partial charge in [0.25, 0.3) is 0 Å². The van der Waals surface area contributed by atoms with Crippen LogP contribution in [-0.4, -0.2) is 25.8 Å². The quantitative estimate of drug-likeness (QED) is 0.469. The van der Waals surface area contributed by atoms with Gasteiger partial charge in [0.2, 0.25) is 0 Å². The van der Waals surface area contributed by atoms with E-state index >= 15 is 0 Å². The molecule has 0 radical (unpaired) electrons. The molecule has 1 rings (SSSR count). The second-order valence-corrected chi connectivity index (χ2v) is 2.88. The molecule has 0 unspecified atom stereocenters. The van der Waals surface area contributed by atoms with Crippen LogP contribution in [0.4, 0.5) is 0 Å². The lowest BCUT2D eigenvalue weighted by molar-refractivity contribution is -0.146. The van der Waals surface area contributed by atoms with Crippen molar-refractivity contribution in [2.24, 2.45) is 5.41 Å². The maximum absolute atomic E-state index is 11.2. The highest BCUT2D eigenvalue weighted by atomic mass is 16.5. The zero-order valence-corrected chi connectivity index (χ0v) is 7.50. The van der Waals surface area contributed by atoms with E-state index in [2.05, 4.69) is 11.3 Å². The summed E-state index contributed by atoms with van der Waals surface area (Å²) >= 11 is 0. The van der Waals surface area contributed by atoms with Crippen LogP contribution in [0.5, 0.6) is 0 Å². The SMILES string of the molecule is C=C[C@]1(C(=O)OC)C[C@@H]1OCC. The van der Waals surface area contributed by atoms with Crippen LogP contribution in [0, 0.1) is 5.41 Å². The standard InChI is InChI=1S/C9H14O3/c1-4-9(8(10)11-3)6-7(9)12-5-2/h4,7H,1,5-6H2,2-3H3/t7-,9-/m0/s1. The minimum atomic E-state index is -0.551. The molecule has 68 valence electrons. The number of hydrogen-bond acceptors (Lipinski definition) is 3. The first-order chi connectivity index (χ1) is 5.71. The molecule has 0 aromatic heterocycles. The lowest BCUT2D eigenvalue weighted by Crippen LogP contribution is -2.20. The zero-order chi connectivity index (χ0) is 9.19. The van der Waals surface area contributed by atoms with E-state index < -0.39 is 5.41 Å². The van der Waals surface area contributed by atoms with Gasteiger partial charge in [0, 0.05) is 6.61 Å². The Balaban J connectivity index is 2.58. The molecule has 0 aliphatic heterocycles. The third-order valence-electron chi connectivity index (χ3n) is 2.24. The Hall–Kier alpha value is -0.830. The third kappa shape index (κ3) is 1.25. The van der Waals surface area contributed by atoms with E-state index in [1.54, 1.807) is 6.08 Å². The van der Waals surface area contributed by atoms with E-state index in [1.165, 1.54) is 7.11 Å². The summed E-state index contributed by atoms with van der Waals surface area (Å²) in [6.07, 6.45) is 2.31. The number of rotatable bonds is 4. The highest BCUT2D eigenvalue weighted by Gasteiger charge is 2.60. The molecule has 1 fully saturated rings. The van der Waals surface area contributed by atoms with Crippen molar-refractivity contribution in [1.82, 2.24) is 0 Å².